The first-order chi connectivity index (χ1) is 13.8. The molecule has 0 amide bonds. The van der Waals surface area contributed by atoms with Gasteiger partial charge in [-0.1, -0.05) is 78.4 Å². The Hall–Kier alpha value is -3.16. The second kappa shape index (κ2) is 5.92. The molecule has 1 aromatic heterocycles. The van der Waals surface area contributed by atoms with Gasteiger partial charge >= 0.3 is 0 Å². The second-order valence-corrected chi connectivity index (χ2v) is 8.62. The molecule has 0 aliphatic carbocycles. The normalized spacial score (nSPS) is 11.8. The standard InChI is InChI=1S/C27H18S/c1-17-6-13-26-21(14-17)16-27(28-26)20-9-10-23-19(15-20)8-12-24-22-5-3-2-4-18(22)7-11-25(23)24/h2-16H,1H3. The van der Waals surface area contributed by atoms with E-state index in [2.05, 4.69) is 97.9 Å². The smallest absolute Gasteiger partial charge is 0.0355 e. The van der Waals surface area contributed by atoms with Crippen LogP contribution in [-0.4, -0.2) is 0 Å². The quantitative estimate of drug-likeness (QED) is 0.254. The summed E-state index contributed by atoms with van der Waals surface area (Å²) in [6.07, 6.45) is 0. The third-order valence-electron chi connectivity index (χ3n) is 5.70. The van der Waals surface area contributed by atoms with Crippen molar-refractivity contribution in [3.05, 3.63) is 96.6 Å². The number of hydrogen-bond acceptors (Lipinski definition) is 1. The summed E-state index contributed by atoms with van der Waals surface area (Å²) in [7, 11) is 0. The van der Waals surface area contributed by atoms with E-state index in [1.54, 1.807) is 0 Å². The minimum atomic E-state index is 1.30. The van der Waals surface area contributed by atoms with Crippen molar-refractivity contribution >= 4 is 53.7 Å². The molecule has 0 aliphatic heterocycles. The monoisotopic (exact) mass is 374 g/mol. The van der Waals surface area contributed by atoms with Gasteiger partial charge in [0.25, 0.3) is 0 Å². The zero-order valence-corrected chi connectivity index (χ0v) is 16.4. The van der Waals surface area contributed by atoms with E-state index in [9.17, 15) is 0 Å². The molecule has 0 unspecified atom stereocenters. The molecule has 28 heavy (non-hydrogen) atoms. The first-order valence-electron chi connectivity index (χ1n) is 9.61. The predicted octanol–water partition coefficient (Wildman–Crippen LogP) is 8.34. The number of hydrogen-bond donors (Lipinski definition) is 0. The van der Waals surface area contributed by atoms with Crippen molar-refractivity contribution < 1.29 is 0 Å². The van der Waals surface area contributed by atoms with Crippen molar-refractivity contribution in [3.63, 3.8) is 0 Å². The van der Waals surface area contributed by atoms with E-state index >= 15 is 0 Å². The average molecular weight is 375 g/mol. The minimum Gasteiger partial charge on any atom is -0.135 e. The van der Waals surface area contributed by atoms with E-state index < -0.39 is 0 Å². The summed E-state index contributed by atoms with van der Waals surface area (Å²) in [5.74, 6) is 0. The van der Waals surface area contributed by atoms with E-state index in [-0.39, 0.29) is 0 Å². The number of thiophene rings is 1. The highest BCUT2D eigenvalue weighted by atomic mass is 32.1. The summed E-state index contributed by atoms with van der Waals surface area (Å²) >= 11 is 1.87. The first kappa shape index (κ1) is 15.9. The molecule has 0 bridgehead atoms. The molecule has 0 spiro atoms. The van der Waals surface area contributed by atoms with Gasteiger partial charge in [-0.2, -0.15) is 0 Å². The van der Waals surface area contributed by atoms with Crippen LogP contribution in [0.2, 0.25) is 0 Å². The van der Waals surface area contributed by atoms with Crippen LogP contribution in [0.25, 0.3) is 52.8 Å². The third-order valence-corrected chi connectivity index (χ3v) is 6.86. The topological polar surface area (TPSA) is 0 Å². The lowest BCUT2D eigenvalue weighted by Gasteiger charge is -2.08. The molecule has 0 nitrogen and oxygen atoms in total. The van der Waals surface area contributed by atoms with Crippen LogP contribution in [0.5, 0.6) is 0 Å². The fourth-order valence-corrected chi connectivity index (χ4v) is 5.33. The van der Waals surface area contributed by atoms with Crippen LogP contribution in [-0.2, 0) is 0 Å². The maximum atomic E-state index is 2.33. The van der Waals surface area contributed by atoms with Gasteiger partial charge in [-0.15, -0.1) is 11.3 Å². The molecule has 6 rings (SSSR count). The zero-order valence-electron chi connectivity index (χ0n) is 15.6. The van der Waals surface area contributed by atoms with Crippen molar-refractivity contribution in [3.8, 4) is 10.4 Å². The van der Waals surface area contributed by atoms with Gasteiger partial charge in [-0.05, 0) is 68.4 Å². The Morgan fingerprint density at radius 2 is 1.29 bits per heavy atom. The third kappa shape index (κ3) is 2.37. The highest BCUT2D eigenvalue weighted by molar-refractivity contribution is 7.22. The molecular weight excluding hydrogens is 356 g/mol. The summed E-state index contributed by atoms with van der Waals surface area (Å²) < 4.78 is 1.35. The molecule has 0 radical (unpaired) electrons. The van der Waals surface area contributed by atoms with Gasteiger partial charge in [-0.25, -0.2) is 0 Å². The molecule has 5 aromatic carbocycles. The minimum absolute atomic E-state index is 1.30. The SMILES string of the molecule is Cc1ccc2sc(-c3ccc4c(ccc5c6ccccc6ccc45)c3)cc2c1. The fraction of sp³-hybridized carbons (Fsp3) is 0.0370. The molecule has 132 valence electrons. The maximum Gasteiger partial charge on any atom is 0.0355 e. The number of rotatable bonds is 1. The van der Waals surface area contributed by atoms with Gasteiger partial charge in [0.05, 0.1) is 0 Å². The van der Waals surface area contributed by atoms with Crippen LogP contribution >= 0.6 is 11.3 Å². The Morgan fingerprint density at radius 3 is 2.18 bits per heavy atom. The summed E-state index contributed by atoms with van der Waals surface area (Å²) in [6.45, 7) is 2.15. The molecule has 0 aliphatic rings. The van der Waals surface area contributed by atoms with Crippen LogP contribution in [0.4, 0.5) is 0 Å². The lowest BCUT2D eigenvalue weighted by molar-refractivity contribution is 1.51. The largest absolute Gasteiger partial charge is 0.135 e. The van der Waals surface area contributed by atoms with Crippen molar-refractivity contribution in [2.75, 3.05) is 0 Å². The van der Waals surface area contributed by atoms with E-state index in [1.165, 1.54) is 58.4 Å². The summed E-state index contributed by atoms with van der Waals surface area (Å²) in [5, 5.41) is 9.24. The fourth-order valence-electron chi connectivity index (χ4n) is 4.29. The first-order valence-corrected chi connectivity index (χ1v) is 10.4. The molecule has 0 N–H and O–H groups in total. The molecule has 0 fully saturated rings. The highest BCUT2D eigenvalue weighted by Crippen LogP contribution is 2.37. The van der Waals surface area contributed by atoms with Gasteiger partial charge in [0.15, 0.2) is 0 Å². The molecule has 0 atom stereocenters. The number of benzene rings is 5. The van der Waals surface area contributed by atoms with E-state index in [0.717, 1.165) is 0 Å². The molecule has 0 saturated carbocycles. The summed E-state index contributed by atoms with van der Waals surface area (Å²) in [4.78, 5) is 1.33. The Bertz CT molecular complexity index is 1520. The highest BCUT2D eigenvalue weighted by Gasteiger charge is 2.08. The van der Waals surface area contributed by atoms with Crippen LogP contribution in [0, 0.1) is 6.92 Å². The van der Waals surface area contributed by atoms with Crippen molar-refractivity contribution in [2.45, 2.75) is 6.92 Å². The molecule has 1 heteroatoms. The molecule has 1 heterocycles. The molecule has 6 aromatic rings. The van der Waals surface area contributed by atoms with Gasteiger partial charge in [0.1, 0.15) is 0 Å². The predicted molar refractivity (Wildman–Crippen MR) is 125 cm³/mol. The second-order valence-electron chi connectivity index (χ2n) is 7.54. The average Bonchev–Trinajstić information content (AvgIpc) is 3.16. The zero-order chi connectivity index (χ0) is 18.7. The molecule has 0 saturated heterocycles. The summed E-state index contributed by atoms with van der Waals surface area (Å²) in [5.41, 5.74) is 2.61. The van der Waals surface area contributed by atoms with Crippen LogP contribution in [0.1, 0.15) is 5.56 Å². The van der Waals surface area contributed by atoms with Gasteiger partial charge < -0.3 is 0 Å². The van der Waals surface area contributed by atoms with E-state index in [0.29, 0.717) is 0 Å². The number of aryl methyl sites for hydroxylation is 1. The Morgan fingerprint density at radius 1 is 0.536 bits per heavy atom. The maximum absolute atomic E-state index is 2.33. The Balaban J connectivity index is 1.57. The van der Waals surface area contributed by atoms with E-state index in [1.807, 2.05) is 11.3 Å². The van der Waals surface area contributed by atoms with Gasteiger partial charge in [0.2, 0.25) is 0 Å². The van der Waals surface area contributed by atoms with Crippen LogP contribution < -0.4 is 0 Å². The lowest BCUT2D eigenvalue weighted by Crippen LogP contribution is -1.81. The Labute approximate surface area is 167 Å². The van der Waals surface area contributed by atoms with Crippen LogP contribution in [0.15, 0.2) is 91.0 Å². The van der Waals surface area contributed by atoms with E-state index in [4.69, 9.17) is 0 Å². The van der Waals surface area contributed by atoms with Crippen molar-refractivity contribution in [2.24, 2.45) is 0 Å². The van der Waals surface area contributed by atoms with Crippen molar-refractivity contribution in [1.82, 2.24) is 0 Å². The lowest BCUT2D eigenvalue weighted by atomic mass is 9.96. The van der Waals surface area contributed by atoms with Gasteiger partial charge in [-0.3, -0.25) is 0 Å². The Kier molecular flexibility index (Phi) is 3.35. The van der Waals surface area contributed by atoms with Crippen LogP contribution in [0.3, 0.4) is 0 Å². The summed E-state index contributed by atoms with van der Waals surface area (Å²) in [6, 6.07) is 33.6. The molecular formula is C27H18S. The van der Waals surface area contributed by atoms with Crippen molar-refractivity contribution in [1.29, 1.82) is 0 Å². The number of fused-ring (bicyclic) bond motifs is 6. The van der Waals surface area contributed by atoms with Gasteiger partial charge in [0, 0.05) is 9.58 Å².